The molecule has 1 saturated heterocycles. The van der Waals surface area contributed by atoms with Crippen molar-refractivity contribution in [1.29, 1.82) is 0 Å². The second-order valence-electron chi connectivity index (χ2n) is 7.37. The van der Waals surface area contributed by atoms with Gasteiger partial charge in [-0.1, -0.05) is 0 Å². The van der Waals surface area contributed by atoms with Gasteiger partial charge in [0.15, 0.2) is 5.01 Å². The first kappa shape index (κ1) is 19.8. The number of piperidine rings is 1. The Morgan fingerprint density at radius 3 is 2.64 bits per heavy atom. The number of aromatic nitrogens is 1. The third-order valence-corrected chi connectivity index (χ3v) is 4.89. The number of amides is 1. The molecule has 0 spiro atoms. The van der Waals surface area contributed by atoms with Gasteiger partial charge < -0.3 is 14.4 Å². The summed E-state index contributed by atoms with van der Waals surface area (Å²) >= 11 is 1.34. The number of hydrogen-bond donors (Lipinski definition) is 0. The average Bonchev–Trinajstić information content (AvgIpc) is 3.08. The van der Waals surface area contributed by atoms with Crippen LogP contribution < -0.4 is 0 Å². The zero-order valence-electron chi connectivity index (χ0n) is 15.3. The van der Waals surface area contributed by atoms with Crippen LogP contribution in [-0.2, 0) is 9.47 Å². The molecule has 2 rings (SSSR count). The highest BCUT2D eigenvalue weighted by atomic mass is 32.1. The van der Waals surface area contributed by atoms with Crippen molar-refractivity contribution in [2.45, 2.75) is 52.1 Å². The van der Waals surface area contributed by atoms with Gasteiger partial charge in [0, 0.05) is 31.3 Å². The van der Waals surface area contributed by atoms with Crippen LogP contribution in [0.1, 0.15) is 56.3 Å². The van der Waals surface area contributed by atoms with Gasteiger partial charge in [0.2, 0.25) is 5.78 Å². The highest BCUT2D eigenvalue weighted by Gasteiger charge is 2.26. The molecule has 1 aliphatic heterocycles. The number of rotatable bonds is 7. The minimum absolute atomic E-state index is 0.0549. The minimum Gasteiger partial charge on any atom is -0.444 e. The predicted octanol–water partition coefficient (Wildman–Crippen LogP) is 3.77. The number of carbonyl (C=O) groups is 2. The zero-order chi connectivity index (χ0) is 18.3. The van der Waals surface area contributed by atoms with E-state index >= 15 is 0 Å². The molecule has 1 aliphatic rings. The highest BCUT2D eigenvalue weighted by Crippen LogP contribution is 2.23. The number of likely N-dealkylation sites (tertiary alicyclic amines) is 1. The molecule has 0 unspecified atom stereocenters. The lowest BCUT2D eigenvalue weighted by Gasteiger charge is -2.33. The SMILES string of the molecule is CC(C)(C)OC(=O)N1CCC(CCCOCC(=O)c2nccs2)CC1. The molecule has 25 heavy (non-hydrogen) atoms. The smallest absolute Gasteiger partial charge is 0.410 e. The Labute approximate surface area is 153 Å². The molecule has 140 valence electrons. The summed E-state index contributed by atoms with van der Waals surface area (Å²) in [6.07, 6.45) is 5.40. The van der Waals surface area contributed by atoms with Crippen LogP contribution >= 0.6 is 11.3 Å². The van der Waals surface area contributed by atoms with Crippen molar-refractivity contribution >= 4 is 23.2 Å². The Balaban J connectivity index is 1.55. The van der Waals surface area contributed by atoms with Crippen LogP contribution in [0.5, 0.6) is 0 Å². The number of nitrogens with zero attached hydrogens (tertiary/aromatic N) is 2. The van der Waals surface area contributed by atoms with Gasteiger partial charge in [0.05, 0.1) is 0 Å². The number of thiazole rings is 1. The van der Waals surface area contributed by atoms with Crippen LogP contribution in [0, 0.1) is 5.92 Å². The lowest BCUT2D eigenvalue weighted by molar-refractivity contribution is 0.0177. The Morgan fingerprint density at radius 2 is 2.04 bits per heavy atom. The number of carbonyl (C=O) groups excluding carboxylic acids is 2. The van der Waals surface area contributed by atoms with Gasteiger partial charge in [-0.05, 0) is 52.4 Å². The second kappa shape index (κ2) is 9.29. The van der Waals surface area contributed by atoms with E-state index in [1.165, 1.54) is 11.3 Å². The van der Waals surface area contributed by atoms with E-state index in [0.29, 0.717) is 17.5 Å². The second-order valence-corrected chi connectivity index (χ2v) is 8.26. The van der Waals surface area contributed by atoms with E-state index in [9.17, 15) is 9.59 Å². The van der Waals surface area contributed by atoms with Gasteiger partial charge in [-0.25, -0.2) is 9.78 Å². The van der Waals surface area contributed by atoms with Crippen LogP contribution in [0.2, 0.25) is 0 Å². The fraction of sp³-hybridized carbons (Fsp3) is 0.722. The lowest BCUT2D eigenvalue weighted by Crippen LogP contribution is -2.41. The van der Waals surface area contributed by atoms with Crippen molar-refractivity contribution in [3.05, 3.63) is 16.6 Å². The lowest BCUT2D eigenvalue weighted by atomic mass is 9.92. The molecule has 0 saturated carbocycles. The van der Waals surface area contributed by atoms with Crippen LogP contribution in [-0.4, -0.2) is 53.7 Å². The molecule has 1 aromatic heterocycles. The maximum absolute atomic E-state index is 12.0. The van der Waals surface area contributed by atoms with E-state index in [0.717, 1.165) is 38.8 Å². The van der Waals surface area contributed by atoms with Crippen molar-refractivity contribution in [2.75, 3.05) is 26.3 Å². The maximum atomic E-state index is 12.0. The van der Waals surface area contributed by atoms with Gasteiger partial charge in [-0.2, -0.15) is 0 Å². The number of ether oxygens (including phenoxy) is 2. The monoisotopic (exact) mass is 368 g/mol. The first-order valence-corrected chi connectivity index (χ1v) is 9.71. The van der Waals surface area contributed by atoms with Crippen molar-refractivity contribution in [3.8, 4) is 0 Å². The van der Waals surface area contributed by atoms with E-state index in [-0.39, 0.29) is 18.5 Å². The van der Waals surface area contributed by atoms with E-state index in [1.54, 1.807) is 16.5 Å². The molecule has 1 aromatic rings. The summed E-state index contributed by atoms with van der Waals surface area (Å²) in [6.45, 7) is 7.85. The quantitative estimate of drug-likeness (QED) is 0.541. The van der Waals surface area contributed by atoms with Crippen LogP contribution in [0.25, 0.3) is 0 Å². The minimum atomic E-state index is -0.443. The molecule has 1 fully saturated rings. The number of Topliss-reactive ketones (excluding diaryl/α,β-unsaturated/α-hetero) is 1. The highest BCUT2D eigenvalue weighted by molar-refractivity contribution is 7.11. The largest absolute Gasteiger partial charge is 0.444 e. The zero-order valence-corrected chi connectivity index (χ0v) is 16.1. The molecule has 0 N–H and O–H groups in total. The Hall–Kier alpha value is -1.47. The summed E-state index contributed by atoms with van der Waals surface area (Å²) in [5.74, 6) is 0.553. The molecule has 0 aromatic carbocycles. The van der Waals surface area contributed by atoms with Crippen molar-refractivity contribution in [3.63, 3.8) is 0 Å². The van der Waals surface area contributed by atoms with E-state index in [4.69, 9.17) is 9.47 Å². The fourth-order valence-corrected chi connectivity index (χ4v) is 3.36. The van der Waals surface area contributed by atoms with Crippen molar-refractivity contribution in [1.82, 2.24) is 9.88 Å². The first-order chi connectivity index (χ1) is 11.8. The van der Waals surface area contributed by atoms with Crippen LogP contribution in [0.15, 0.2) is 11.6 Å². The van der Waals surface area contributed by atoms with Crippen LogP contribution in [0.3, 0.4) is 0 Å². The molecule has 0 aliphatic carbocycles. The van der Waals surface area contributed by atoms with Gasteiger partial charge >= 0.3 is 6.09 Å². The summed E-state index contributed by atoms with van der Waals surface area (Å²) in [6, 6.07) is 0. The van der Waals surface area contributed by atoms with Gasteiger partial charge in [-0.15, -0.1) is 11.3 Å². The molecule has 0 radical (unpaired) electrons. The third kappa shape index (κ3) is 7.12. The molecule has 1 amide bonds. The molecule has 0 atom stereocenters. The Kier molecular flexibility index (Phi) is 7.38. The van der Waals surface area contributed by atoms with Gasteiger partial charge in [0.1, 0.15) is 12.2 Å². The van der Waals surface area contributed by atoms with E-state index in [2.05, 4.69) is 4.98 Å². The summed E-state index contributed by atoms with van der Waals surface area (Å²) in [5, 5.41) is 2.30. The van der Waals surface area contributed by atoms with Crippen molar-refractivity contribution in [2.24, 2.45) is 5.92 Å². The van der Waals surface area contributed by atoms with Crippen LogP contribution in [0.4, 0.5) is 4.79 Å². The fourth-order valence-electron chi connectivity index (χ4n) is 2.79. The summed E-state index contributed by atoms with van der Waals surface area (Å²) in [4.78, 5) is 29.5. The Morgan fingerprint density at radius 1 is 1.32 bits per heavy atom. The number of hydrogen-bond acceptors (Lipinski definition) is 6. The summed E-state index contributed by atoms with van der Waals surface area (Å²) in [7, 11) is 0. The van der Waals surface area contributed by atoms with Gasteiger partial charge in [-0.3, -0.25) is 4.79 Å². The molecule has 6 nitrogen and oxygen atoms in total. The predicted molar refractivity (Wildman–Crippen MR) is 97.0 cm³/mol. The maximum Gasteiger partial charge on any atom is 0.410 e. The molecular formula is C18H28N2O4S. The average molecular weight is 368 g/mol. The molecule has 2 heterocycles. The first-order valence-electron chi connectivity index (χ1n) is 8.83. The van der Waals surface area contributed by atoms with E-state index in [1.807, 2.05) is 20.8 Å². The van der Waals surface area contributed by atoms with E-state index < -0.39 is 5.60 Å². The Bertz CT molecular complexity index is 546. The number of ketones is 1. The van der Waals surface area contributed by atoms with Crippen molar-refractivity contribution < 1.29 is 19.1 Å². The topological polar surface area (TPSA) is 68.7 Å². The third-order valence-electron chi connectivity index (χ3n) is 4.07. The van der Waals surface area contributed by atoms with Gasteiger partial charge in [0.25, 0.3) is 0 Å². The molecule has 0 bridgehead atoms. The standard InChI is InChI=1S/C18H28N2O4S/c1-18(2,3)24-17(22)20-9-6-14(7-10-20)5-4-11-23-13-15(21)16-19-8-12-25-16/h8,12,14H,4-7,9-11,13H2,1-3H3. The normalized spacial score (nSPS) is 16.0. The molecular weight excluding hydrogens is 340 g/mol. The summed E-state index contributed by atoms with van der Waals surface area (Å²) < 4.78 is 10.9. The summed E-state index contributed by atoms with van der Waals surface area (Å²) in [5.41, 5.74) is -0.443. The molecule has 7 heteroatoms.